The molecule has 0 spiro atoms. The number of hydrogen-bond acceptors (Lipinski definition) is 5. The number of methoxy groups -OCH3 is 1. The van der Waals surface area contributed by atoms with Crippen LogP contribution in [0.1, 0.15) is 40.8 Å². The Kier molecular flexibility index (Phi) is 5.63. The van der Waals surface area contributed by atoms with Crippen molar-refractivity contribution in [3.63, 3.8) is 0 Å². The molecule has 156 valence electrons. The van der Waals surface area contributed by atoms with E-state index in [1.807, 2.05) is 24.3 Å². The molecular weight excluding hydrogens is 402 g/mol. The van der Waals surface area contributed by atoms with Gasteiger partial charge < -0.3 is 14.1 Å². The summed E-state index contributed by atoms with van der Waals surface area (Å²) in [5.74, 6) is 0.671. The minimum Gasteiger partial charge on any atom is -0.497 e. The van der Waals surface area contributed by atoms with Gasteiger partial charge in [0.05, 0.1) is 18.0 Å². The highest BCUT2D eigenvalue weighted by Crippen LogP contribution is 2.34. The summed E-state index contributed by atoms with van der Waals surface area (Å²) >= 11 is 0. The maximum Gasteiger partial charge on any atom is 0.290 e. The number of hydrogen-bond donors (Lipinski definition) is 0. The maximum atomic E-state index is 13.1. The fraction of sp³-hybridized carbons (Fsp3) is 0.261. The molecule has 6 nitrogen and oxygen atoms in total. The molecule has 4 rings (SSSR count). The van der Waals surface area contributed by atoms with Gasteiger partial charge in [-0.1, -0.05) is 30.3 Å². The van der Waals surface area contributed by atoms with E-state index < -0.39 is 9.84 Å². The van der Waals surface area contributed by atoms with E-state index in [1.54, 1.807) is 54.5 Å². The molecule has 3 aromatic rings. The number of rotatable bonds is 6. The highest BCUT2D eigenvalue weighted by atomic mass is 32.2. The molecule has 7 heteroatoms. The van der Waals surface area contributed by atoms with Crippen molar-refractivity contribution in [2.75, 3.05) is 13.7 Å². The molecule has 1 atom stereocenters. The summed E-state index contributed by atoms with van der Waals surface area (Å²) in [6, 6.07) is 19.0. The first-order valence-corrected chi connectivity index (χ1v) is 11.4. The number of amides is 1. The van der Waals surface area contributed by atoms with Crippen LogP contribution in [-0.2, 0) is 15.6 Å². The number of carbonyl (C=O) groups is 1. The molecule has 1 aromatic heterocycles. The first-order chi connectivity index (χ1) is 14.5. The van der Waals surface area contributed by atoms with Crippen LogP contribution in [0.15, 0.2) is 76.0 Å². The van der Waals surface area contributed by atoms with Crippen LogP contribution in [0.4, 0.5) is 0 Å². The van der Waals surface area contributed by atoms with Gasteiger partial charge in [0.1, 0.15) is 17.3 Å². The topological polar surface area (TPSA) is 76.8 Å². The van der Waals surface area contributed by atoms with Gasteiger partial charge in [0.2, 0.25) is 0 Å². The van der Waals surface area contributed by atoms with E-state index in [0.717, 1.165) is 24.2 Å². The number of benzene rings is 2. The van der Waals surface area contributed by atoms with Crippen LogP contribution in [0.3, 0.4) is 0 Å². The Morgan fingerprint density at radius 1 is 1.07 bits per heavy atom. The van der Waals surface area contributed by atoms with Gasteiger partial charge in [0, 0.05) is 6.54 Å². The molecule has 2 heterocycles. The lowest BCUT2D eigenvalue weighted by atomic mass is 10.0. The highest BCUT2D eigenvalue weighted by molar-refractivity contribution is 7.90. The number of likely N-dealkylation sites (tertiary alicyclic amines) is 1. The van der Waals surface area contributed by atoms with Crippen molar-refractivity contribution in [3.8, 4) is 5.75 Å². The quantitative estimate of drug-likeness (QED) is 0.590. The molecule has 2 aromatic carbocycles. The molecule has 0 aliphatic carbocycles. The highest BCUT2D eigenvalue weighted by Gasteiger charge is 2.32. The summed E-state index contributed by atoms with van der Waals surface area (Å²) in [5.41, 5.74) is 1.04. The third-order valence-electron chi connectivity index (χ3n) is 5.32. The van der Waals surface area contributed by atoms with E-state index in [4.69, 9.17) is 9.15 Å². The third kappa shape index (κ3) is 4.11. The first kappa shape index (κ1) is 20.2. The van der Waals surface area contributed by atoms with Crippen molar-refractivity contribution in [1.82, 2.24) is 4.90 Å². The van der Waals surface area contributed by atoms with Crippen molar-refractivity contribution < 1.29 is 22.4 Å². The zero-order valence-electron chi connectivity index (χ0n) is 16.7. The van der Waals surface area contributed by atoms with E-state index >= 15 is 0 Å². The summed E-state index contributed by atoms with van der Waals surface area (Å²) in [5, 5.41) is 0. The molecule has 1 aliphatic heterocycles. The van der Waals surface area contributed by atoms with E-state index in [-0.39, 0.29) is 34.1 Å². The third-order valence-corrected chi connectivity index (χ3v) is 6.98. The molecular formula is C23H23NO5S. The number of sulfone groups is 1. The fourth-order valence-corrected chi connectivity index (χ4v) is 5.06. The van der Waals surface area contributed by atoms with Gasteiger partial charge in [-0.15, -0.1) is 0 Å². The van der Waals surface area contributed by atoms with Crippen molar-refractivity contribution in [2.24, 2.45) is 0 Å². The van der Waals surface area contributed by atoms with E-state index in [2.05, 4.69) is 0 Å². The predicted molar refractivity (Wildman–Crippen MR) is 112 cm³/mol. The largest absolute Gasteiger partial charge is 0.497 e. The normalized spacial score (nSPS) is 16.6. The molecule has 30 heavy (non-hydrogen) atoms. The smallest absolute Gasteiger partial charge is 0.290 e. The maximum absolute atomic E-state index is 13.1. The zero-order chi connectivity index (χ0) is 21.1. The van der Waals surface area contributed by atoms with Crippen LogP contribution in [0, 0.1) is 0 Å². The first-order valence-electron chi connectivity index (χ1n) is 9.79. The van der Waals surface area contributed by atoms with Gasteiger partial charge in [0.15, 0.2) is 15.6 Å². The monoisotopic (exact) mass is 425 g/mol. The molecule has 1 saturated heterocycles. The van der Waals surface area contributed by atoms with E-state index in [0.29, 0.717) is 6.54 Å². The van der Waals surface area contributed by atoms with Crippen LogP contribution in [0.25, 0.3) is 0 Å². The summed E-state index contributed by atoms with van der Waals surface area (Å²) in [6.45, 7) is 0.633. The molecule has 0 N–H and O–H groups in total. The van der Waals surface area contributed by atoms with Gasteiger partial charge >= 0.3 is 0 Å². The molecule has 1 fully saturated rings. The lowest BCUT2D eigenvalue weighted by molar-refractivity contribution is 0.0701. The van der Waals surface area contributed by atoms with Crippen LogP contribution >= 0.6 is 0 Å². The molecule has 0 bridgehead atoms. The summed E-state index contributed by atoms with van der Waals surface area (Å²) in [4.78, 5) is 15.1. The second-order valence-electron chi connectivity index (χ2n) is 7.27. The number of ether oxygens (including phenoxy) is 1. The summed E-state index contributed by atoms with van der Waals surface area (Å²) in [6.07, 6.45) is 1.77. The zero-order valence-corrected chi connectivity index (χ0v) is 17.5. The minimum atomic E-state index is -3.54. The SMILES string of the molecule is COc1ccc([C@@H]2CCCN2C(=O)c2ccc(CS(=O)(=O)c3ccccc3)o2)cc1. The van der Waals surface area contributed by atoms with Crippen molar-refractivity contribution in [3.05, 3.63) is 83.8 Å². The van der Waals surface area contributed by atoms with E-state index in [9.17, 15) is 13.2 Å². The molecule has 1 aliphatic rings. The molecule has 0 saturated carbocycles. The standard InChI is InChI=1S/C23H23NO5S/c1-28-18-11-9-17(10-12-18)21-8-5-15-24(21)23(25)22-14-13-19(29-22)16-30(26,27)20-6-3-2-4-7-20/h2-4,6-7,9-14,21H,5,8,15-16H2,1H3/t21-/m0/s1. The average Bonchev–Trinajstić information content (AvgIpc) is 3.43. The molecule has 0 radical (unpaired) electrons. The Bertz CT molecular complexity index is 1120. The van der Waals surface area contributed by atoms with Gasteiger partial charge in [-0.3, -0.25) is 4.79 Å². The van der Waals surface area contributed by atoms with Crippen molar-refractivity contribution in [1.29, 1.82) is 0 Å². The summed E-state index contributed by atoms with van der Waals surface area (Å²) < 4.78 is 36.0. The van der Waals surface area contributed by atoms with Gasteiger partial charge in [0.25, 0.3) is 5.91 Å². The molecule has 0 unspecified atom stereocenters. The Labute approximate surface area is 176 Å². The van der Waals surface area contributed by atoms with Crippen molar-refractivity contribution in [2.45, 2.75) is 29.5 Å². The van der Waals surface area contributed by atoms with Crippen LogP contribution in [0.5, 0.6) is 5.75 Å². The number of furan rings is 1. The van der Waals surface area contributed by atoms with Gasteiger partial charge in [-0.2, -0.15) is 0 Å². The van der Waals surface area contributed by atoms with Crippen LogP contribution in [0.2, 0.25) is 0 Å². The Morgan fingerprint density at radius 3 is 2.50 bits per heavy atom. The predicted octanol–water partition coefficient (Wildman–Crippen LogP) is 4.24. The minimum absolute atomic E-state index is 0.0370. The average molecular weight is 426 g/mol. The Balaban J connectivity index is 1.50. The van der Waals surface area contributed by atoms with Crippen LogP contribution < -0.4 is 4.74 Å². The van der Waals surface area contributed by atoms with E-state index in [1.165, 1.54) is 0 Å². The van der Waals surface area contributed by atoms with Crippen molar-refractivity contribution >= 4 is 15.7 Å². The Morgan fingerprint density at radius 2 is 1.80 bits per heavy atom. The Hall–Kier alpha value is -3.06. The number of carbonyl (C=O) groups excluding carboxylic acids is 1. The second-order valence-corrected chi connectivity index (χ2v) is 9.26. The second kappa shape index (κ2) is 8.36. The number of nitrogens with zero attached hydrogens (tertiary/aromatic N) is 1. The lowest BCUT2D eigenvalue weighted by Crippen LogP contribution is -2.30. The lowest BCUT2D eigenvalue weighted by Gasteiger charge is -2.24. The van der Waals surface area contributed by atoms with Gasteiger partial charge in [-0.05, 0) is 54.8 Å². The summed E-state index contributed by atoms with van der Waals surface area (Å²) in [7, 11) is -1.92. The van der Waals surface area contributed by atoms with Crippen LogP contribution in [-0.4, -0.2) is 32.9 Å². The van der Waals surface area contributed by atoms with Gasteiger partial charge in [-0.25, -0.2) is 8.42 Å². The molecule has 1 amide bonds. The fourth-order valence-electron chi connectivity index (χ4n) is 3.79.